The van der Waals surface area contributed by atoms with Crippen molar-refractivity contribution >= 4 is 5.97 Å². The highest BCUT2D eigenvalue weighted by atomic mass is 16.5. The minimum Gasteiger partial charge on any atom is -0.462 e. The molecule has 1 aliphatic heterocycles. The molecule has 0 aliphatic carbocycles. The lowest BCUT2D eigenvalue weighted by Gasteiger charge is -2.28. The second-order valence-electron chi connectivity index (χ2n) is 4.35. The first-order chi connectivity index (χ1) is 10.1. The maximum atomic E-state index is 12.1. The van der Waals surface area contributed by atoms with Crippen LogP contribution in [0.25, 0.3) is 0 Å². The van der Waals surface area contributed by atoms with Crippen LogP contribution < -0.4 is 10.5 Å². The van der Waals surface area contributed by atoms with E-state index >= 15 is 0 Å². The number of nitrogens with zero attached hydrogens (tertiary/aromatic N) is 2. The fourth-order valence-electron chi connectivity index (χ4n) is 2.27. The number of hydrogen-bond donors (Lipinski definition) is 1. The first kappa shape index (κ1) is 14.4. The van der Waals surface area contributed by atoms with Crippen molar-refractivity contribution in [1.29, 1.82) is 10.5 Å². The number of nitriles is 2. The van der Waals surface area contributed by atoms with Gasteiger partial charge in [-0.1, -0.05) is 18.2 Å². The molecule has 0 saturated carbocycles. The van der Waals surface area contributed by atoms with Gasteiger partial charge in [0.1, 0.15) is 17.2 Å². The second-order valence-corrected chi connectivity index (χ2v) is 4.35. The summed E-state index contributed by atoms with van der Waals surface area (Å²) >= 11 is 0. The van der Waals surface area contributed by atoms with E-state index in [1.807, 2.05) is 12.1 Å². The third-order valence-electron chi connectivity index (χ3n) is 3.16. The van der Waals surface area contributed by atoms with Gasteiger partial charge in [-0.2, -0.15) is 10.5 Å². The molecule has 2 rings (SSSR count). The number of hydrogen-bond acceptors (Lipinski definition) is 6. The smallest absolute Gasteiger partial charge is 0.340 e. The van der Waals surface area contributed by atoms with Gasteiger partial charge in [0.15, 0.2) is 0 Å². The lowest BCUT2D eigenvalue weighted by atomic mass is 9.80. The van der Waals surface area contributed by atoms with Crippen LogP contribution in [-0.2, 0) is 9.53 Å². The zero-order chi connectivity index (χ0) is 15.4. The minimum atomic E-state index is -1.06. The molecule has 106 valence electrons. The summed E-state index contributed by atoms with van der Waals surface area (Å²) in [5, 5.41) is 18.4. The van der Waals surface area contributed by atoms with Gasteiger partial charge in [0.25, 0.3) is 0 Å². The highest BCUT2D eigenvalue weighted by Crippen LogP contribution is 2.42. The zero-order valence-corrected chi connectivity index (χ0v) is 11.4. The fraction of sp³-hybridized carbons (Fsp3) is 0.267. The molecule has 0 aromatic heterocycles. The molecule has 2 N–H and O–H groups in total. The van der Waals surface area contributed by atoms with Gasteiger partial charge in [0.2, 0.25) is 5.88 Å². The largest absolute Gasteiger partial charge is 0.462 e. The number of rotatable bonds is 3. The zero-order valence-electron chi connectivity index (χ0n) is 11.4. The van der Waals surface area contributed by atoms with Crippen molar-refractivity contribution < 1.29 is 14.3 Å². The number of carbonyl (C=O) groups is 1. The monoisotopic (exact) mass is 283 g/mol. The number of para-hydroxylation sites is 1. The third kappa shape index (κ3) is 2.52. The number of nitrogens with two attached hydrogens (primary N) is 1. The summed E-state index contributed by atoms with van der Waals surface area (Å²) in [6.45, 7) is 1.82. The Hall–Kier alpha value is -2.99. The second kappa shape index (κ2) is 5.98. The van der Waals surface area contributed by atoms with Crippen molar-refractivity contribution in [3.05, 3.63) is 41.3 Å². The van der Waals surface area contributed by atoms with Crippen LogP contribution in [-0.4, -0.2) is 12.6 Å². The lowest BCUT2D eigenvalue weighted by Crippen LogP contribution is -2.29. The van der Waals surface area contributed by atoms with Crippen LogP contribution in [0.1, 0.15) is 18.4 Å². The molecule has 1 aromatic carbocycles. The van der Waals surface area contributed by atoms with Gasteiger partial charge in [0, 0.05) is 5.56 Å². The average molecular weight is 283 g/mol. The van der Waals surface area contributed by atoms with Crippen molar-refractivity contribution in [3.63, 3.8) is 0 Å². The average Bonchev–Trinajstić information content (AvgIpc) is 2.48. The Morgan fingerprint density at radius 1 is 1.43 bits per heavy atom. The van der Waals surface area contributed by atoms with E-state index in [9.17, 15) is 15.3 Å². The number of ether oxygens (including phenoxy) is 2. The Labute approximate surface area is 122 Å². The summed E-state index contributed by atoms with van der Waals surface area (Å²) in [4.78, 5) is 12.1. The van der Waals surface area contributed by atoms with Gasteiger partial charge in [-0.05, 0) is 13.0 Å². The van der Waals surface area contributed by atoms with Crippen LogP contribution in [0, 0.1) is 28.6 Å². The molecule has 1 atom stereocenters. The van der Waals surface area contributed by atoms with Gasteiger partial charge in [-0.15, -0.1) is 0 Å². The molecular formula is C15H13N3O3. The van der Waals surface area contributed by atoms with E-state index in [-0.39, 0.29) is 18.1 Å². The van der Waals surface area contributed by atoms with Gasteiger partial charge in [-0.25, -0.2) is 4.79 Å². The van der Waals surface area contributed by atoms with Crippen molar-refractivity contribution in [3.8, 4) is 17.9 Å². The Bertz CT molecular complexity index is 668. The van der Waals surface area contributed by atoms with E-state index < -0.39 is 17.8 Å². The van der Waals surface area contributed by atoms with Crippen molar-refractivity contribution in [2.45, 2.75) is 12.8 Å². The summed E-state index contributed by atoms with van der Waals surface area (Å²) in [5.74, 6) is -2.22. The molecule has 1 heterocycles. The molecule has 0 unspecified atom stereocenters. The first-order valence-corrected chi connectivity index (χ1v) is 6.36. The van der Waals surface area contributed by atoms with Crippen molar-refractivity contribution in [2.24, 2.45) is 11.7 Å². The summed E-state index contributed by atoms with van der Waals surface area (Å²) in [5.41, 5.74) is 6.39. The molecule has 0 bridgehead atoms. The van der Waals surface area contributed by atoms with E-state index in [1.165, 1.54) is 0 Å². The number of fused-ring (bicyclic) bond motifs is 1. The summed E-state index contributed by atoms with van der Waals surface area (Å²) < 4.78 is 10.4. The van der Waals surface area contributed by atoms with Crippen LogP contribution in [0.3, 0.4) is 0 Å². The first-order valence-electron chi connectivity index (χ1n) is 6.36. The molecular weight excluding hydrogens is 270 g/mol. The predicted molar refractivity (Wildman–Crippen MR) is 72.4 cm³/mol. The van der Waals surface area contributed by atoms with Crippen LogP contribution in [0.2, 0.25) is 0 Å². The summed E-state index contributed by atoms with van der Waals surface area (Å²) in [6.07, 6.45) is 0. The number of benzene rings is 1. The molecule has 6 heteroatoms. The van der Waals surface area contributed by atoms with E-state index in [1.54, 1.807) is 31.2 Å². The standard InChI is InChI=1S/C15H13N3O3/c1-2-20-15(19)13-12(9(7-16)8-17)10-5-3-4-6-11(10)21-14(13)18/h3-6,9,12H,2,18H2,1H3/t12-/m1/s1. The van der Waals surface area contributed by atoms with Crippen molar-refractivity contribution in [1.82, 2.24) is 0 Å². The van der Waals surface area contributed by atoms with E-state index in [0.29, 0.717) is 11.3 Å². The Morgan fingerprint density at radius 3 is 2.71 bits per heavy atom. The molecule has 1 aliphatic rings. The Kier molecular flexibility index (Phi) is 4.10. The Balaban J connectivity index is 2.59. The SMILES string of the molecule is CCOC(=O)C1=C(N)Oc2ccccc2[C@H]1C(C#N)C#N. The predicted octanol–water partition coefficient (Wildman–Crippen LogP) is 1.56. The maximum absolute atomic E-state index is 12.1. The number of carbonyl (C=O) groups excluding carboxylic acids is 1. The molecule has 1 aromatic rings. The van der Waals surface area contributed by atoms with Crippen molar-refractivity contribution in [2.75, 3.05) is 6.61 Å². The van der Waals surface area contributed by atoms with Crippen LogP contribution in [0.5, 0.6) is 5.75 Å². The summed E-state index contributed by atoms with van der Waals surface area (Å²) in [6, 6.07) is 10.6. The van der Waals surface area contributed by atoms with Crippen LogP contribution in [0.4, 0.5) is 0 Å². The molecule has 0 saturated heterocycles. The molecule has 21 heavy (non-hydrogen) atoms. The van der Waals surface area contributed by atoms with Crippen LogP contribution in [0.15, 0.2) is 35.7 Å². The third-order valence-corrected chi connectivity index (χ3v) is 3.16. The molecule has 0 spiro atoms. The van der Waals surface area contributed by atoms with E-state index in [2.05, 4.69) is 0 Å². The minimum absolute atomic E-state index is 0.0173. The molecule has 0 fully saturated rings. The summed E-state index contributed by atoms with van der Waals surface area (Å²) in [7, 11) is 0. The molecule has 0 radical (unpaired) electrons. The van der Waals surface area contributed by atoms with Gasteiger partial charge in [-0.3, -0.25) is 0 Å². The lowest BCUT2D eigenvalue weighted by molar-refractivity contribution is -0.139. The van der Waals surface area contributed by atoms with Crippen LogP contribution >= 0.6 is 0 Å². The van der Waals surface area contributed by atoms with E-state index in [4.69, 9.17) is 15.2 Å². The van der Waals surface area contributed by atoms with Gasteiger partial charge >= 0.3 is 5.97 Å². The maximum Gasteiger partial charge on any atom is 0.340 e. The topological polar surface area (TPSA) is 109 Å². The molecule has 0 amide bonds. The highest BCUT2D eigenvalue weighted by Gasteiger charge is 2.39. The molecule has 6 nitrogen and oxygen atoms in total. The normalized spacial score (nSPS) is 16.5. The van der Waals surface area contributed by atoms with E-state index in [0.717, 1.165) is 0 Å². The Morgan fingerprint density at radius 2 is 2.10 bits per heavy atom. The van der Waals surface area contributed by atoms with Gasteiger partial charge in [0.05, 0.1) is 24.7 Å². The fourth-order valence-corrected chi connectivity index (χ4v) is 2.27. The quantitative estimate of drug-likeness (QED) is 0.843. The highest BCUT2D eigenvalue weighted by molar-refractivity contribution is 5.92. The number of esters is 1. The van der Waals surface area contributed by atoms with Gasteiger partial charge < -0.3 is 15.2 Å².